The van der Waals surface area contributed by atoms with Crippen LogP contribution in [0.1, 0.15) is 41.5 Å². The second kappa shape index (κ2) is 4.13. The lowest BCUT2D eigenvalue weighted by molar-refractivity contribution is 0.748. The Bertz CT molecular complexity index is 494. The van der Waals surface area contributed by atoms with E-state index in [-0.39, 0.29) is 0 Å². The first-order chi connectivity index (χ1) is 7.86. The van der Waals surface area contributed by atoms with Crippen LogP contribution in [-0.4, -0.2) is 0 Å². The van der Waals surface area contributed by atoms with Gasteiger partial charge in [-0.05, 0) is 42.0 Å². The summed E-state index contributed by atoms with van der Waals surface area (Å²) < 4.78 is 0. The molecule has 0 unspecified atom stereocenters. The van der Waals surface area contributed by atoms with Gasteiger partial charge in [0.05, 0.1) is 0 Å². The molecule has 3 rings (SSSR count). The van der Waals surface area contributed by atoms with Crippen molar-refractivity contribution in [1.82, 2.24) is 5.32 Å². The van der Waals surface area contributed by atoms with Gasteiger partial charge in [0.15, 0.2) is 0 Å². The van der Waals surface area contributed by atoms with Crippen LogP contribution in [0.5, 0.6) is 0 Å². The summed E-state index contributed by atoms with van der Waals surface area (Å²) >= 11 is 6.36. The number of nitrogens with one attached hydrogen (secondary N) is 1. The zero-order chi connectivity index (χ0) is 11.0. The molecule has 0 saturated carbocycles. The Kier molecular flexibility index (Phi) is 2.63. The maximum Gasteiger partial charge on any atom is 0.0453 e. The van der Waals surface area contributed by atoms with E-state index >= 15 is 0 Å². The molecule has 0 atom stereocenters. The summed E-state index contributed by atoms with van der Waals surface area (Å²) in [4.78, 5) is 0. The molecule has 1 aromatic carbocycles. The van der Waals surface area contributed by atoms with E-state index in [9.17, 15) is 0 Å². The van der Waals surface area contributed by atoms with Gasteiger partial charge in [-0.1, -0.05) is 23.4 Å². The molecule has 16 heavy (non-hydrogen) atoms. The summed E-state index contributed by atoms with van der Waals surface area (Å²) in [5, 5.41) is 4.29. The van der Waals surface area contributed by atoms with Crippen molar-refractivity contribution in [3.63, 3.8) is 0 Å². The molecule has 1 nitrogen and oxygen atoms in total. The van der Waals surface area contributed by atoms with Crippen molar-refractivity contribution >= 4 is 11.6 Å². The summed E-state index contributed by atoms with van der Waals surface area (Å²) in [7, 11) is 0. The molecule has 0 amide bonds. The third kappa shape index (κ3) is 1.63. The Morgan fingerprint density at radius 1 is 1.19 bits per heavy atom. The molecular weight excluding hydrogens is 218 g/mol. The van der Waals surface area contributed by atoms with E-state index in [0.717, 1.165) is 31.0 Å². The third-order valence-electron chi connectivity index (χ3n) is 3.39. The summed E-state index contributed by atoms with van der Waals surface area (Å²) in [5.74, 6) is 6.60. The second-order valence-corrected chi connectivity index (χ2v) is 4.87. The van der Waals surface area contributed by atoms with Gasteiger partial charge in [-0.15, -0.1) is 0 Å². The molecule has 2 aliphatic rings. The second-order valence-electron chi connectivity index (χ2n) is 4.46. The average Bonchev–Trinajstić information content (AvgIpc) is 2.65. The Hall–Kier alpha value is -0.970. The molecule has 82 valence electrons. The number of hydrogen-bond donors (Lipinski definition) is 1. The van der Waals surface area contributed by atoms with E-state index in [1.165, 1.54) is 35.1 Å². The SMILES string of the molecule is Clc1cc2c(c3c1CCCCC#C3)CNC2. The van der Waals surface area contributed by atoms with Crippen molar-refractivity contribution in [2.75, 3.05) is 0 Å². The summed E-state index contributed by atoms with van der Waals surface area (Å²) in [6.45, 7) is 1.88. The predicted octanol–water partition coefficient (Wildman–Crippen LogP) is 3.02. The Morgan fingerprint density at radius 2 is 2.12 bits per heavy atom. The minimum atomic E-state index is 0.911. The smallest absolute Gasteiger partial charge is 0.0453 e. The quantitative estimate of drug-likeness (QED) is 0.677. The highest BCUT2D eigenvalue weighted by Gasteiger charge is 2.19. The molecule has 0 radical (unpaired) electrons. The van der Waals surface area contributed by atoms with Crippen molar-refractivity contribution < 1.29 is 0 Å². The minimum Gasteiger partial charge on any atom is -0.309 e. The van der Waals surface area contributed by atoms with Crippen LogP contribution in [0, 0.1) is 11.8 Å². The van der Waals surface area contributed by atoms with Crippen molar-refractivity contribution in [2.24, 2.45) is 0 Å². The van der Waals surface area contributed by atoms with Crippen LogP contribution >= 0.6 is 11.6 Å². The zero-order valence-electron chi connectivity index (χ0n) is 9.20. The highest BCUT2D eigenvalue weighted by molar-refractivity contribution is 6.31. The topological polar surface area (TPSA) is 12.0 Å². The highest BCUT2D eigenvalue weighted by Crippen LogP contribution is 2.31. The lowest BCUT2D eigenvalue weighted by Crippen LogP contribution is -2.02. The lowest BCUT2D eigenvalue weighted by atomic mass is 9.93. The van der Waals surface area contributed by atoms with Crippen LogP contribution in [0.2, 0.25) is 5.02 Å². The third-order valence-corrected chi connectivity index (χ3v) is 3.73. The van der Waals surface area contributed by atoms with Crippen molar-refractivity contribution in [2.45, 2.75) is 38.8 Å². The van der Waals surface area contributed by atoms with Crippen LogP contribution in [0.3, 0.4) is 0 Å². The summed E-state index contributed by atoms with van der Waals surface area (Å²) in [6, 6.07) is 2.12. The number of fused-ring (bicyclic) bond motifs is 3. The van der Waals surface area contributed by atoms with Crippen molar-refractivity contribution in [1.29, 1.82) is 0 Å². The van der Waals surface area contributed by atoms with Crippen LogP contribution in [0.15, 0.2) is 6.07 Å². The van der Waals surface area contributed by atoms with Crippen molar-refractivity contribution in [3.05, 3.63) is 33.3 Å². The van der Waals surface area contributed by atoms with Gasteiger partial charge in [-0.3, -0.25) is 0 Å². The van der Waals surface area contributed by atoms with Crippen LogP contribution in [0.4, 0.5) is 0 Å². The maximum atomic E-state index is 6.36. The molecule has 0 aromatic heterocycles. The van der Waals surface area contributed by atoms with E-state index in [1.807, 2.05) is 0 Å². The lowest BCUT2D eigenvalue weighted by Gasteiger charge is -2.13. The Morgan fingerprint density at radius 3 is 3.06 bits per heavy atom. The van der Waals surface area contributed by atoms with Crippen molar-refractivity contribution in [3.8, 4) is 11.8 Å². The predicted molar refractivity (Wildman–Crippen MR) is 66.4 cm³/mol. The average molecular weight is 232 g/mol. The van der Waals surface area contributed by atoms with Crippen LogP contribution in [0.25, 0.3) is 0 Å². The van der Waals surface area contributed by atoms with Gasteiger partial charge >= 0.3 is 0 Å². The largest absolute Gasteiger partial charge is 0.309 e. The molecule has 0 bridgehead atoms. The first-order valence-electron chi connectivity index (χ1n) is 5.89. The molecule has 1 aliphatic heterocycles. The van der Waals surface area contributed by atoms with E-state index in [2.05, 4.69) is 23.2 Å². The van der Waals surface area contributed by atoms with Gasteiger partial charge in [0, 0.05) is 30.1 Å². The molecule has 2 heteroatoms. The monoisotopic (exact) mass is 231 g/mol. The fourth-order valence-corrected chi connectivity index (χ4v) is 2.85. The molecule has 1 N–H and O–H groups in total. The zero-order valence-corrected chi connectivity index (χ0v) is 9.95. The molecule has 0 fully saturated rings. The van der Waals surface area contributed by atoms with Crippen LogP contribution in [-0.2, 0) is 19.5 Å². The first-order valence-corrected chi connectivity index (χ1v) is 6.27. The normalized spacial score (nSPS) is 17.8. The molecule has 1 heterocycles. The first kappa shape index (κ1) is 10.2. The fourth-order valence-electron chi connectivity index (χ4n) is 2.53. The van der Waals surface area contributed by atoms with E-state index in [0.29, 0.717) is 0 Å². The highest BCUT2D eigenvalue weighted by atomic mass is 35.5. The summed E-state index contributed by atoms with van der Waals surface area (Å²) in [6.07, 6.45) is 4.50. The van der Waals surface area contributed by atoms with Gasteiger partial charge < -0.3 is 5.32 Å². The minimum absolute atomic E-state index is 0.911. The van der Waals surface area contributed by atoms with E-state index in [4.69, 9.17) is 11.6 Å². The van der Waals surface area contributed by atoms with Gasteiger partial charge in [-0.2, -0.15) is 0 Å². The molecule has 1 aliphatic carbocycles. The molecule has 0 spiro atoms. The van der Waals surface area contributed by atoms with Gasteiger partial charge in [0.25, 0.3) is 0 Å². The maximum absolute atomic E-state index is 6.36. The number of hydrogen-bond acceptors (Lipinski definition) is 1. The standard InChI is InChI=1S/C14H14ClN/c15-14-7-10-8-16-9-13(10)11-5-3-1-2-4-6-12(11)14/h7,16H,1-2,4,6,8-9H2. The Balaban J connectivity index is 2.23. The van der Waals surface area contributed by atoms with Gasteiger partial charge in [0.1, 0.15) is 0 Å². The molecular formula is C14H14ClN. The van der Waals surface area contributed by atoms with Gasteiger partial charge in [-0.25, -0.2) is 0 Å². The number of rotatable bonds is 0. The van der Waals surface area contributed by atoms with Gasteiger partial charge in [0.2, 0.25) is 0 Å². The fraction of sp³-hybridized carbons (Fsp3) is 0.429. The number of halogens is 1. The molecule has 0 saturated heterocycles. The number of benzene rings is 1. The Labute approximate surface area is 101 Å². The summed E-state index contributed by atoms with van der Waals surface area (Å²) in [5.41, 5.74) is 5.20. The van der Waals surface area contributed by atoms with Crippen LogP contribution < -0.4 is 5.32 Å². The van der Waals surface area contributed by atoms with E-state index < -0.39 is 0 Å². The molecule has 1 aromatic rings. The van der Waals surface area contributed by atoms with E-state index in [1.54, 1.807) is 0 Å².